The van der Waals surface area contributed by atoms with Gasteiger partial charge in [0, 0.05) is 37.1 Å². The molecule has 33 heavy (non-hydrogen) atoms. The van der Waals surface area contributed by atoms with Crippen LogP contribution in [-0.4, -0.2) is 54.3 Å². The number of anilines is 1. The smallest absolute Gasteiger partial charge is 0.256 e. The molecule has 1 aromatic heterocycles. The minimum atomic E-state index is -0.000898. The first kappa shape index (κ1) is 20.9. The van der Waals surface area contributed by atoms with Crippen molar-refractivity contribution < 1.29 is 9.53 Å². The lowest BCUT2D eigenvalue weighted by Gasteiger charge is -2.37. The molecule has 0 atom stereocenters. The molecule has 0 aliphatic carbocycles. The maximum absolute atomic E-state index is 13.9. The maximum atomic E-state index is 13.9. The molecule has 5 rings (SSSR count). The van der Waals surface area contributed by atoms with Crippen molar-refractivity contribution in [2.75, 3.05) is 38.2 Å². The number of hydrogen-bond donors (Lipinski definition) is 0. The molecule has 0 spiro atoms. The van der Waals surface area contributed by atoms with E-state index < -0.39 is 0 Å². The van der Waals surface area contributed by atoms with E-state index in [1.807, 2.05) is 78.6 Å². The Morgan fingerprint density at radius 2 is 1.61 bits per heavy atom. The van der Waals surface area contributed by atoms with Gasteiger partial charge < -0.3 is 14.5 Å². The third-order valence-corrected chi connectivity index (χ3v) is 6.17. The zero-order chi connectivity index (χ0) is 22.8. The zero-order valence-electron chi connectivity index (χ0n) is 18.9. The topological polar surface area (TPSA) is 58.6 Å². The van der Waals surface area contributed by atoms with Gasteiger partial charge in [-0.3, -0.25) is 4.79 Å². The first-order valence-corrected chi connectivity index (χ1v) is 11.2. The molecular formula is C27H26N4O2. The van der Waals surface area contributed by atoms with E-state index in [0.717, 1.165) is 46.6 Å². The number of hydrogen-bond acceptors (Lipinski definition) is 5. The van der Waals surface area contributed by atoms with Crippen molar-refractivity contribution in [2.45, 2.75) is 6.92 Å². The Labute approximate surface area is 193 Å². The predicted molar refractivity (Wildman–Crippen MR) is 131 cm³/mol. The minimum absolute atomic E-state index is 0.000898. The quantitative estimate of drug-likeness (QED) is 0.467. The van der Waals surface area contributed by atoms with E-state index in [0.29, 0.717) is 24.3 Å². The van der Waals surface area contributed by atoms with Gasteiger partial charge >= 0.3 is 0 Å². The van der Waals surface area contributed by atoms with Crippen LogP contribution in [-0.2, 0) is 0 Å². The summed E-state index contributed by atoms with van der Waals surface area (Å²) in [4.78, 5) is 18.1. The molecule has 2 heterocycles. The third-order valence-electron chi connectivity index (χ3n) is 6.17. The number of methoxy groups -OCH3 is 1. The van der Waals surface area contributed by atoms with Crippen LogP contribution in [0.5, 0.6) is 5.75 Å². The predicted octanol–water partition coefficient (Wildman–Crippen LogP) is 4.58. The monoisotopic (exact) mass is 438 g/mol. The van der Waals surface area contributed by atoms with Crippen LogP contribution in [0.1, 0.15) is 15.9 Å². The summed E-state index contributed by atoms with van der Waals surface area (Å²) in [6.07, 6.45) is 0. The molecule has 0 saturated carbocycles. The number of para-hydroxylation sites is 2. The Kier molecular flexibility index (Phi) is 5.65. The maximum Gasteiger partial charge on any atom is 0.256 e. The van der Waals surface area contributed by atoms with Gasteiger partial charge in [0.2, 0.25) is 0 Å². The molecule has 0 bridgehead atoms. The number of carbonyl (C=O) groups excluding carboxylic acids is 1. The largest absolute Gasteiger partial charge is 0.495 e. The van der Waals surface area contributed by atoms with Crippen molar-refractivity contribution in [1.29, 1.82) is 0 Å². The second-order valence-electron chi connectivity index (χ2n) is 8.26. The molecule has 1 saturated heterocycles. The van der Waals surface area contributed by atoms with Crippen LogP contribution in [0.2, 0.25) is 0 Å². The van der Waals surface area contributed by atoms with Crippen molar-refractivity contribution >= 4 is 22.5 Å². The summed E-state index contributed by atoms with van der Waals surface area (Å²) in [5, 5.41) is 9.75. The van der Waals surface area contributed by atoms with Crippen LogP contribution >= 0.6 is 0 Å². The Morgan fingerprint density at radius 3 is 2.36 bits per heavy atom. The van der Waals surface area contributed by atoms with E-state index in [2.05, 4.69) is 21.2 Å². The number of fused-ring (bicyclic) bond motifs is 1. The van der Waals surface area contributed by atoms with E-state index in [4.69, 9.17) is 4.74 Å². The van der Waals surface area contributed by atoms with Crippen molar-refractivity contribution in [3.8, 4) is 17.0 Å². The lowest BCUT2D eigenvalue weighted by molar-refractivity contribution is 0.0749. The lowest BCUT2D eigenvalue weighted by atomic mass is 9.99. The van der Waals surface area contributed by atoms with E-state index in [-0.39, 0.29) is 5.91 Å². The summed E-state index contributed by atoms with van der Waals surface area (Å²) in [7, 11) is 1.69. The summed E-state index contributed by atoms with van der Waals surface area (Å²) < 4.78 is 5.53. The molecular weight excluding hydrogens is 412 g/mol. The second-order valence-corrected chi connectivity index (χ2v) is 8.26. The van der Waals surface area contributed by atoms with Gasteiger partial charge in [0.15, 0.2) is 0 Å². The number of amides is 1. The van der Waals surface area contributed by atoms with E-state index in [9.17, 15) is 4.79 Å². The van der Waals surface area contributed by atoms with Gasteiger partial charge in [-0.15, -0.1) is 10.2 Å². The summed E-state index contributed by atoms with van der Waals surface area (Å²) in [5.74, 6) is 0.850. The average Bonchev–Trinajstić information content (AvgIpc) is 2.88. The number of ether oxygens (including phenoxy) is 1. The van der Waals surface area contributed by atoms with Gasteiger partial charge in [0.1, 0.15) is 11.4 Å². The van der Waals surface area contributed by atoms with Gasteiger partial charge in [-0.1, -0.05) is 54.1 Å². The highest BCUT2D eigenvalue weighted by molar-refractivity contribution is 6.10. The van der Waals surface area contributed by atoms with Crippen LogP contribution in [0.3, 0.4) is 0 Å². The summed E-state index contributed by atoms with van der Waals surface area (Å²) in [5.41, 5.74) is 5.03. The molecule has 1 aliphatic rings. The van der Waals surface area contributed by atoms with Gasteiger partial charge in [-0.2, -0.15) is 0 Å². The Hall–Kier alpha value is -3.93. The molecule has 0 unspecified atom stereocenters. The standard InChI is InChI=1S/C27H26N4O2/c1-19-12-13-22-21(18-19)25(26(29-28-22)20-8-4-3-5-9-20)27(32)31-16-14-30(15-17-31)23-10-6-7-11-24(23)33-2/h3-13,18H,14-17H2,1-2H3. The molecule has 1 aliphatic heterocycles. The second kappa shape index (κ2) is 8.90. The van der Waals surface area contributed by atoms with Crippen LogP contribution in [0.25, 0.3) is 22.2 Å². The molecule has 0 radical (unpaired) electrons. The normalized spacial score (nSPS) is 13.9. The van der Waals surface area contributed by atoms with Gasteiger partial charge in [-0.05, 0) is 31.2 Å². The van der Waals surface area contributed by atoms with Crippen molar-refractivity contribution in [3.05, 3.63) is 83.9 Å². The zero-order valence-corrected chi connectivity index (χ0v) is 18.9. The number of piperazine rings is 1. The number of nitrogens with zero attached hydrogens (tertiary/aromatic N) is 4. The van der Waals surface area contributed by atoms with Gasteiger partial charge in [-0.25, -0.2) is 0 Å². The number of aromatic nitrogens is 2. The fourth-order valence-corrected chi connectivity index (χ4v) is 4.43. The lowest BCUT2D eigenvalue weighted by Crippen LogP contribution is -2.49. The first-order chi connectivity index (χ1) is 16.2. The fourth-order valence-electron chi connectivity index (χ4n) is 4.43. The molecule has 3 aromatic carbocycles. The Balaban J connectivity index is 1.49. The highest BCUT2D eigenvalue weighted by Gasteiger charge is 2.28. The average molecular weight is 439 g/mol. The summed E-state index contributed by atoms with van der Waals surface area (Å²) in [6, 6.07) is 23.8. The highest BCUT2D eigenvalue weighted by atomic mass is 16.5. The Bertz CT molecular complexity index is 1300. The van der Waals surface area contributed by atoms with Crippen LogP contribution in [0.15, 0.2) is 72.8 Å². The fraction of sp³-hybridized carbons (Fsp3) is 0.222. The summed E-state index contributed by atoms with van der Waals surface area (Å²) in [6.45, 7) is 4.76. The van der Waals surface area contributed by atoms with Gasteiger partial charge in [0.25, 0.3) is 5.91 Å². The number of carbonyl (C=O) groups is 1. The number of benzene rings is 3. The molecule has 1 amide bonds. The molecule has 6 heteroatoms. The minimum Gasteiger partial charge on any atom is -0.495 e. The molecule has 1 fully saturated rings. The van der Waals surface area contributed by atoms with Crippen LogP contribution < -0.4 is 9.64 Å². The SMILES string of the molecule is COc1ccccc1N1CCN(C(=O)c2c(-c3ccccc3)nnc3ccc(C)cc23)CC1. The van der Waals surface area contributed by atoms with Crippen LogP contribution in [0.4, 0.5) is 5.69 Å². The molecule has 166 valence electrons. The Morgan fingerprint density at radius 1 is 0.879 bits per heavy atom. The molecule has 6 nitrogen and oxygen atoms in total. The van der Waals surface area contributed by atoms with Crippen LogP contribution in [0, 0.1) is 6.92 Å². The molecule has 4 aromatic rings. The van der Waals surface area contributed by atoms with Crippen molar-refractivity contribution in [2.24, 2.45) is 0 Å². The van der Waals surface area contributed by atoms with Crippen molar-refractivity contribution in [3.63, 3.8) is 0 Å². The third kappa shape index (κ3) is 4.00. The van der Waals surface area contributed by atoms with E-state index in [1.165, 1.54) is 0 Å². The van der Waals surface area contributed by atoms with Crippen molar-refractivity contribution in [1.82, 2.24) is 15.1 Å². The highest BCUT2D eigenvalue weighted by Crippen LogP contribution is 2.31. The molecule has 0 N–H and O–H groups in total. The number of aryl methyl sites for hydroxylation is 1. The van der Waals surface area contributed by atoms with E-state index >= 15 is 0 Å². The first-order valence-electron chi connectivity index (χ1n) is 11.2. The van der Waals surface area contributed by atoms with E-state index in [1.54, 1.807) is 7.11 Å². The summed E-state index contributed by atoms with van der Waals surface area (Å²) >= 11 is 0. The number of rotatable bonds is 4. The van der Waals surface area contributed by atoms with Gasteiger partial charge in [0.05, 0.1) is 23.9 Å².